The molecular formula is C25H29FN6O2. The molecule has 0 radical (unpaired) electrons. The first-order chi connectivity index (χ1) is 16.5. The summed E-state index contributed by atoms with van der Waals surface area (Å²) in [7, 11) is 3.04. The predicted octanol–water partition coefficient (Wildman–Crippen LogP) is 3.87. The molecule has 34 heavy (non-hydrogen) atoms. The van der Waals surface area contributed by atoms with E-state index in [0.717, 1.165) is 25.3 Å². The molecule has 1 aliphatic carbocycles. The highest BCUT2D eigenvalue weighted by atomic mass is 19.1. The average molecular weight is 465 g/mol. The molecule has 1 saturated carbocycles. The van der Waals surface area contributed by atoms with E-state index in [4.69, 9.17) is 9.47 Å². The quantitative estimate of drug-likeness (QED) is 0.564. The van der Waals surface area contributed by atoms with Crippen molar-refractivity contribution in [1.29, 1.82) is 0 Å². The summed E-state index contributed by atoms with van der Waals surface area (Å²) in [6.45, 7) is 4.17. The second kappa shape index (κ2) is 9.13. The third-order valence-electron chi connectivity index (χ3n) is 6.89. The molecule has 3 aromatic rings. The van der Waals surface area contributed by atoms with Crippen LogP contribution in [-0.2, 0) is 0 Å². The summed E-state index contributed by atoms with van der Waals surface area (Å²) < 4.78 is 25.8. The normalized spacial score (nSPS) is 19.1. The van der Waals surface area contributed by atoms with Gasteiger partial charge in [0.05, 0.1) is 26.1 Å². The summed E-state index contributed by atoms with van der Waals surface area (Å²) in [4.78, 5) is 2.25. The van der Waals surface area contributed by atoms with Crippen molar-refractivity contribution in [3.63, 3.8) is 0 Å². The van der Waals surface area contributed by atoms with Crippen molar-refractivity contribution < 1.29 is 13.9 Å². The SMILES string of the molecule is COc1cc(-c2cc(OC)c(-c3ccc(N4CCC(NC5(C)CCC5)C4)nn3)cc2F)cnn1. The minimum absolute atomic E-state index is 0.292. The fourth-order valence-corrected chi connectivity index (χ4v) is 4.81. The topological polar surface area (TPSA) is 85.3 Å². The highest BCUT2D eigenvalue weighted by Crippen LogP contribution is 2.36. The summed E-state index contributed by atoms with van der Waals surface area (Å²) in [5.74, 6) is 1.21. The maximum absolute atomic E-state index is 15.1. The summed E-state index contributed by atoms with van der Waals surface area (Å²) in [6, 6.07) is 8.95. The molecule has 5 rings (SSSR count). The molecule has 178 valence electrons. The standard InChI is InChI=1S/C25H29FN6O2/c1-25(8-4-9-25)28-17-7-10-32(15-17)23-6-5-21(29-30-23)19-12-20(26)18(13-22(19)33-2)16-11-24(34-3)31-27-14-16/h5-6,11-14,17,28H,4,7-10,15H2,1-3H3. The molecule has 0 bridgehead atoms. The third-order valence-corrected chi connectivity index (χ3v) is 6.89. The number of anilines is 1. The van der Waals surface area contributed by atoms with Crippen molar-refractivity contribution >= 4 is 5.82 Å². The van der Waals surface area contributed by atoms with Crippen LogP contribution in [0.2, 0.25) is 0 Å². The molecule has 1 unspecified atom stereocenters. The molecule has 1 atom stereocenters. The Kier molecular flexibility index (Phi) is 6.03. The average Bonchev–Trinajstić information content (AvgIpc) is 3.31. The molecule has 1 saturated heterocycles. The number of halogens is 1. The molecule has 8 nitrogen and oxygen atoms in total. The molecule has 9 heteroatoms. The molecule has 1 aromatic carbocycles. The van der Waals surface area contributed by atoms with Crippen molar-refractivity contribution in [3.05, 3.63) is 42.3 Å². The van der Waals surface area contributed by atoms with Gasteiger partial charge < -0.3 is 19.7 Å². The van der Waals surface area contributed by atoms with Gasteiger partial charge in [0.15, 0.2) is 5.82 Å². The first-order valence-corrected chi connectivity index (χ1v) is 11.6. The Hall–Kier alpha value is -3.33. The van der Waals surface area contributed by atoms with Gasteiger partial charge in [-0.1, -0.05) is 0 Å². The fraction of sp³-hybridized carbons (Fsp3) is 0.440. The Labute approximate surface area is 198 Å². The minimum Gasteiger partial charge on any atom is -0.496 e. The van der Waals surface area contributed by atoms with Crippen molar-refractivity contribution in [2.45, 2.75) is 44.2 Å². The number of nitrogens with one attached hydrogen (secondary N) is 1. The Morgan fingerprint density at radius 3 is 2.59 bits per heavy atom. The van der Waals surface area contributed by atoms with E-state index in [2.05, 4.69) is 37.5 Å². The van der Waals surface area contributed by atoms with Crippen LogP contribution in [0.1, 0.15) is 32.6 Å². The fourth-order valence-electron chi connectivity index (χ4n) is 4.81. The van der Waals surface area contributed by atoms with Crippen molar-refractivity contribution in [2.24, 2.45) is 0 Å². The first kappa shape index (κ1) is 22.5. The van der Waals surface area contributed by atoms with E-state index in [1.165, 1.54) is 38.6 Å². The minimum atomic E-state index is -0.422. The van der Waals surface area contributed by atoms with Crippen molar-refractivity contribution in [1.82, 2.24) is 25.7 Å². The number of hydrogen-bond acceptors (Lipinski definition) is 8. The molecule has 2 fully saturated rings. The molecule has 0 amide bonds. The largest absolute Gasteiger partial charge is 0.496 e. The second-order valence-electron chi connectivity index (χ2n) is 9.29. The van der Waals surface area contributed by atoms with Crippen LogP contribution in [0, 0.1) is 5.82 Å². The Morgan fingerprint density at radius 2 is 1.91 bits per heavy atom. The number of benzene rings is 1. The maximum Gasteiger partial charge on any atom is 0.233 e. The van der Waals surface area contributed by atoms with Gasteiger partial charge in [0.2, 0.25) is 5.88 Å². The van der Waals surface area contributed by atoms with Crippen LogP contribution < -0.4 is 19.7 Å². The van der Waals surface area contributed by atoms with Crippen LogP contribution >= 0.6 is 0 Å². The van der Waals surface area contributed by atoms with Gasteiger partial charge in [0, 0.05) is 47.4 Å². The molecular weight excluding hydrogens is 435 g/mol. The van der Waals surface area contributed by atoms with Crippen LogP contribution in [0.5, 0.6) is 11.6 Å². The zero-order valence-corrected chi connectivity index (χ0v) is 19.7. The smallest absolute Gasteiger partial charge is 0.233 e. The number of nitrogens with zero attached hydrogens (tertiary/aromatic N) is 5. The number of rotatable bonds is 7. The summed E-state index contributed by atoms with van der Waals surface area (Å²) in [5.41, 5.74) is 2.27. The van der Waals surface area contributed by atoms with E-state index in [1.807, 2.05) is 12.1 Å². The zero-order valence-electron chi connectivity index (χ0n) is 19.7. The van der Waals surface area contributed by atoms with E-state index in [1.54, 1.807) is 19.2 Å². The predicted molar refractivity (Wildman–Crippen MR) is 128 cm³/mol. The van der Waals surface area contributed by atoms with E-state index in [-0.39, 0.29) is 0 Å². The number of ether oxygens (including phenoxy) is 2. The zero-order chi connectivity index (χ0) is 23.7. The lowest BCUT2D eigenvalue weighted by Crippen LogP contribution is -2.53. The molecule has 1 N–H and O–H groups in total. The Balaban J connectivity index is 1.35. The lowest BCUT2D eigenvalue weighted by Gasteiger charge is -2.41. The lowest BCUT2D eigenvalue weighted by atomic mass is 9.78. The van der Waals surface area contributed by atoms with Crippen LogP contribution in [0.3, 0.4) is 0 Å². The molecule has 0 spiro atoms. The molecule has 1 aliphatic heterocycles. The highest BCUT2D eigenvalue weighted by molar-refractivity contribution is 5.75. The molecule has 2 aromatic heterocycles. The summed E-state index contributed by atoms with van der Waals surface area (Å²) >= 11 is 0. The van der Waals surface area contributed by atoms with E-state index >= 15 is 4.39 Å². The summed E-state index contributed by atoms with van der Waals surface area (Å²) in [6.07, 6.45) is 6.39. The first-order valence-electron chi connectivity index (χ1n) is 11.6. The van der Waals surface area contributed by atoms with Gasteiger partial charge in [0.25, 0.3) is 0 Å². The summed E-state index contributed by atoms with van der Waals surface area (Å²) in [5, 5.41) is 20.4. The Bertz CT molecular complexity index is 1170. The monoisotopic (exact) mass is 464 g/mol. The van der Waals surface area contributed by atoms with Gasteiger partial charge in [-0.3, -0.25) is 0 Å². The van der Waals surface area contributed by atoms with Gasteiger partial charge >= 0.3 is 0 Å². The van der Waals surface area contributed by atoms with Crippen LogP contribution in [0.4, 0.5) is 10.2 Å². The number of methoxy groups -OCH3 is 2. The van der Waals surface area contributed by atoms with Gasteiger partial charge in [0.1, 0.15) is 11.6 Å². The Morgan fingerprint density at radius 1 is 1.06 bits per heavy atom. The van der Waals surface area contributed by atoms with Crippen LogP contribution in [0.15, 0.2) is 36.5 Å². The van der Waals surface area contributed by atoms with E-state index in [9.17, 15) is 0 Å². The third kappa shape index (κ3) is 4.40. The van der Waals surface area contributed by atoms with Gasteiger partial charge in [-0.25, -0.2) is 4.39 Å². The molecule has 3 heterocycles. The maximum atomic E-state index is 15.1. The van der Waals surface area contributed by atoms with Crippen LogP contribution in [-0.4, -0.2) is 59.3 Å². The van der Waals surface area contributed by atoms with Crippen molar-refractivity contribution in [2.75, 3.05) is 32.2 Å². The van der Waals surface area contributed by atoms with E-state index < -0.39 is 5.82 Å². The molecule has 2 aliphatic rings. The van der Waals surface area contributed by atoms with Gasteiger partial charge in [-0.15, -0.1) is 15.3 Å². The van der Waals surface area contributed by atoms with Crippen molar-refractivity contribution in [3.8, 4) is 34.0 Å². The highest BCUT2D eigenvalue weighted by Gasteiger charge is 2.35. The second-order valence-corrected chi connectivity index (χ2v) is 9.29. The van der Waals surface area contributed by atoms with Gasteiger partial charge in [-0.05, 0) is 56.9 Å². The number of aromatic nitrogens is 4. The lowest BCUT2D eigenvalue weighted by molar-refractivity contribution is 0.189. The number of hydrogen-bond donors (Lipinski definition) is 1. The van der Waals surface area contributed by atoms with Gasteiger partial charge in [-0.2, -0.15) is 5.10 Å². The van der Waals surface area contributed by atoms with Crippen LogP contribution in [0.25, 0.3) is 22.4 Å². The van der Waals surface area contributed by atoms with E-state index in [0.29, 0.717) is 45.6 Å².